The molecule has 0 unspecified atom stereocenters. The van der Waals surface area contributed by atoms with E-state index in [1.165, 1.54) is 42.4 Å². The summed E-state index contributed by atoms with van der Waals surface area (Å²) in [7, 11) is 0. The summed E-state index contributed by atoms with van der Waals surface area (Å²) in [4.78, 5) is 4.78. The van der Waals surface area contributed by atoms with Crippen LogP contribution in [0.15, 0.2) is 36.7 Å². The van der Waals surface area contributed by atoms with Crippen LogP contribution in [0.5, 0.6) is 0 Å². The second-order valence-corrected chi connectivity index (χ2v) is 6.00. The molecule has 0 fully saturated rings. The minimum absolute atomic E-state index is 0.773. The quantitative estimate of drug-likeness (QED) is 0.735. The Balaban J connectivity index is 1.84. The molecule has 21 heavy (non-hydrogen) atoms. The van der Waals surface area contributed by atoms with Crippen molar-refractivity contribution in [2.24, 2.45) is 0 Å². The van der Waals surface area contributed by atoms with Crippen LogP contribution < -0.4 is 5.73 Å². The van der Waals surface area contributed by atoms with Crippen molar-refractivity contribution in [3.8, 4) is 11.3 Å². The van der Waals surface area contributed by atoms with Crippen LogP contribution in [0.3, 0.4) is 0 Å². The van der Waals surface area contributed by atoms with Gasteiger partial charge in [0.1, 0.15) is 5.65 Å². The molecule has 2 aromatic heterocycles. The zero-order valence-electron chi connectivity index (χ0n) is 12.3. The monoisotopic (exact) mass is 277 g/mol. The topological polar surface area (TPSA) is 43.3 Å². The average Bonchev–Trinajstić information content (AvgIpc) is 2.91. The van der Waals surface area contributed by atoms with Crippen LogP contribution in [0, 0.1) is 6.92 Å². The lowest BCUT2D eigenvalue weighted by molar-refractivity contribution is 0.686. The van der Waals surface area contributed by atoms with Crippen LogP contribution in [0.1, 0.15) is 29.5 Å². The molecule has 3 aromatic rings. The largest absolute Gasteiger partial charge is 0.398 e. The van der Waals surface area contributed by atoms with Crippen LogP contribution in [-0.4, -0.2) is 9.38 Å². The first-order valence-corrected chi connectivity index (χ1v) is 7.58. The molecule has 0 spiro atoms. The number of aryl methyl sites for hydroxylation is 3. The molecule has 3 nitrogen and oxygen atoms in total. The van der Waals surface area contributed by atoms with Gasteiger partial charge in [0, 0.05) is 23.6 Å². The van der Waals surface area contributed by atoms with E-state index in [2.05, 4.69) is 31.3 Å². The minimum Gasteiger partial charge on any atom is -0.398 e. The molecule has 1 aliphatic rings. The van der Waals surface area contributed by atoms with Gasteiger partial charge in [0.2, 0.25) is 0 Å². The molecule has 4 rings (SSSR count). The Hall–Kier alpha value is -2.29. The predicted octanol–water partition coefficient (Wildman–Crippen LogP) is 3.77. The molecule has 2 heterocycles. The Labute approximate surface area is 124 Å². The molecule has 0 saturated heterocycles. The Bertz CT molecular complexity index is 830. The molecule has 106 valence electrons. The molecule has 0 saturated carbocycles. The lowest BCUT2D eigenvalue weighted by Crippen LogP contribution is -2.02. The summed E-state index contributed by atoms with van der Waals surface area (Å²) in [5.41, 5.74) is 14.0. The zero-order valence-corrected chi connectivity index (χ0v) is 12.3. The van der Waals surface area contributed by atoms with E-state index in [4.69, 9.17) is 10.7 Å². The fourth-order valence-electron chi connectivity index (χ4n) is 3.33. The molecule has 0 bridgehead atoms. The van der Waals surface area contributed by atoms with E-state index >= 15 is 0 Å². The minimum atomic E-state index is 0.773. The number of benzene rings is 1. The van der Waals surface area contributed by atoms with Gasteiger partial charge in [-0.05, 0) is 61.4 Å². The number of nitrogens with zero attached hydrogens (tertiary/aromatic N) is 2. The molecule has 0 atom stereocenters. The molecule has 0 radical (unpaired) electrons. The SMILES string of the molecule is Cc1cc(N)cn2cc(-c3ccc4c(c3)CCCC4)nc12. The highest BCUT2D eigenvalue weighted by atomic mass is 15.0. The average molecular weight is 277 g/mol. The van der Waals surface area contributed by atoms with Gasteiger partial charge in [0.25, 0.3) is 0 Å². The van der Waals surface area contributed by atoms with Gasteiger partial charge in [-0.3, -0.25) is 0 Å². The first kappa shape index (κ1) is 12.5. The van der Waals surface area contributed by atoms with Crippen molar-refractivity contribution in [3.63, 3.8) is 0 Å². The van der Waals surface area contributed by atoms with E-state index in [1.807, 2.05) is 16.7 Å². The normalized spacial score (nSPS) is 14.3. The van der Waals surface area contributed by atoms with Crippen LogP contribution in [0.25, 0.3) is 16.9 Å². The maximum absolute atomic E-state index is 5.92. The molecule has 3 heteroatoms. The van der Waals surface area contributed by atoms with E-state index in [9.17, 15) is 0 Å². The number of imidazole rings is 1. The summed E-state index contributed by atoms with van der Waals surface area (Å²) < 4.78 is 2.03. The maximum Gasteiger partial charge on any atom is 0.140 e. The second kappa shape index (κ2) is 4.62. The van der Waals surface area contributed by atoms with Crippen molar-refractivity contribution >= 4 is 11.3 Å². The molecular weight excluding hydrogens is 258 g/mol. The van der Waals surface area contributed by atoms with E-state index in [-0.39, 0.29) is 0 Å². The Morgan fingerprint density at radius 2 is 1.86 bits per heavy atom. The molecule has 0 aliphatic heterocycles. The van der Waals surface area contributed by atoms with Crippen molar-refractivity contribution in [2.75, 3.05) is 5.73 Å². The van der Waals surface area contributed by atoms with Crippen molar-refractivity contribution in [1.29, 1.82) is 0 Å². The molecule has 2 N–H and O–H groups in total. The number of fused-ring (bicyclic) bond motifs is 2. The smallest absolute Gasteiger partial charge is 0.140 e. The summed E-state index contributed by atoms with van der Waals surface area (Å²) >= 11 is 0. The highest BCUT2D eigenvalue weighted by Crippen LogP contribution is 2.28. The number of anilines is 1. The third-order valence-corrected chi connectivity index (χ3v) is 4.40. The summed E-state index contributed by atoms with van der Waals surface area (Å²) in [6, 6.07) is 8.76. The number of nitrogens with two attached hydrogens (primary N) is 1. The lowest BCUT2D eigenvalue weighted by atomic mass is 9.90. The number of pyridine rings is 1. The first-order valence-electron chi connectivity index (χ1n) is 7.58. The third-order valence-electron chi connectivity index (χ3n) is 4.40. The van der Waals surface area contributed by atoms with E-state index in [0.717, 1.165) is 22.6 Å². The molecular formula is C18H19N3. The Morgan fingerprint density at radius 3 is 2.71 bits per heavy atom. The van der Waals surface area contributed by atoms with Gasteiger partial charge in [-0.2, -0.15) is 0 Å². The van der Waals surface area contributed by atoms with Crippen LogP contribution >= 0.6 is 0 Å². The Kier molecular flexibility index (Phi) is 2.74. The third kappa shape index (κ3) is 2.09. The van der Waals surface area contributed by atoms with Gasteiger partial charge in [0.15, 0.2) is 0 Å². The van der Waals surface area contributed by atoms with Crippen molar-refractivity contribution in [2.45, 2.75) is 32.6 Å². The van der Waals surface area contributed by atoms with E-state index in [1.54, 1.807) is 0 Å². The maximum atomic E-state index is 5.92. The fourth-order valence-corrected chi connectivity index (χ4v) is 3.33. The summed E-state index contributed by atoms with van der Waals surface area (Å²) in [6.07, 6.45) is 9.04. The lowest BCUT2D eigenvalue weighted by Gasteiger charge is -2.15. The van der Waals surface area contributed by atoms with Crippen molar-refractivity contribution < 1.29 is 0 Å². The van der Waals surface area contributed by atoms with Crippen molar-refractivity contribution in [1.82, 2.24) is 9.38 Å². The number of hydrogen-bond donors (Lipinski definition) is 1. The number of aromatic nitrogens is 2. The summed E-state index contributed by atoms with van der Waals surface area (Å²) in [5.74, 6) is 0. The number of nitrogen functional groups attached to an aromatic ring is 1. The standard InChI is InChI=1S/C18H19N3/c1-12-8-16(19)10-21-11-17(20-18(12)21)15-7-6-13-4-2-3-5-14(13)9-15/h6-11H,2-5,19H2,1H3. The molecule has 1 aromatic carbocycles. The van der Waals surface area contributed by atoms with E-state index < -0.39 is 0 Å². The summed E-state index contributed by atoms with van der Waals surface area (Å²) in [6.45, 7) is 2.05. The summed E-state index contributed by atoms with van der Waals surface area (Å²) in [5, 5.41) is 0. The zero-order chi connectivity index (χ0) is 14.4. The van der Waals surface area contributed by atoms with Crippen LogP contribution in [0.4, 0.5) is 5.69 Å². The first-order chi connectivity index (χ1) is 10.2. The van der Waals surface area contributed by atoms with Gasteiger partial charge in [-0.1, -0.05) is 12.1 Å². The number of rotatable bonds is 1. The predicted molar refractivity (Wildman–Crippen MR) is 86.4 cm³/mol. The van der Waals surface area contributed by atoms with Gasteiger partial charge in [0.05, 0.1) is 5.69 Å². The van der Waals surface area contributed by atoms with Gasteiger partial charge < -0.3 is 10.1 Å². The van der Waals surface area contributed by atoms with Crippen LogP contribution in [-0.2, 0) is 12.8 Å². The van der Waals surface area contributed by atoms with Gasteiger partial charge in [-0.25, -0.2) is 4.98 Å². The van der Waals surface area contributed by atoms with Crippen molar-refractivity contribution in [3.05, 3.63) is 53.3 Å². The molecule has 1 aliphatic carbocycles. The van der Waals surface area contributed by atoms with Crippen LogP contribution in [0.2, 0.25) is 0 Å². The molecule has 0 amide bonds. The second-order valence-electron chi connectivity index (χ2n) is 6.00. The van der Waals surface area contributed by atoms with Gasteiger partial charge in [-0.15, -0.1) is 0 Å². The Morgan fingerprint density at radius 1 is 1.05 bits per heavy atom. The number of hydrogen-bond acceptors (Lipinski definition) is 2. The highest BCUT2D eigenvalue weighted by Gasteiger charge is 2.12. The highest BCUT2D eigenvalue weighted by molar-refractivity contribution is 5.66. The van der Waals surface area contributed by atoms with E-state index in [0.29, 0.717) is 0 Å². The fraction of sp³-hybridized carbons (Fsp3) is 0.278. The van der Waals surface area contributed by atoms with Gasteiger partial charge >= 0.3 is 0 Å².